The number of nitrogens with zero attached hydrogens (tertiary/aromatic N) is 2. The van der Waals surface area contributed by atoms with Crippen molar-refractivity contribution in [3.8, 4) is 22.2 Å². The van der Waals surface area contributed by atoms with Crippen LogP contribution in [0.15, 0.2) is 53.1 Å². The van der Waals surface area contributed by atoms with Crippen molar-refractivity contribution >= 4 is 33.4 Å². The van der Waals surface area contributed by atoms with Gasteiger partial charge in [0.15, 0.2) is 0 Å². The average molecular weight is 469 g/mol. The second-order valence-corrected chi connectivity index (χ2v) is 8.51. The van der Waals surface area contributed by atoms with Crippen LogP contribution >= 0.6 is 11.3 Å². The number of halogens is 1. The fourth-order valence-electron chi connectivity index (χ4n) is 3.07. The molecule has 0 saturated carbocycles. The van der Waals surface area contributed by atoms with Gasteiger partial charge < -0.3 is 19.3 Å². The Labute approximate surface area is 192 Å². The number of fused-ring (bicyclic) bond motifs is 1. The third-order valence-electron chi connectivity index (χ3n) is 4.83. The number of nitrogens with one attached hydrogen (secondary N) is 1. The summed E-state index contributed by atoms with van der Waals surface area (Å²) < 4.78 is 29.7. The maximum atomic E-state index is 13.4. The van der Waals surface area contributed by atoms with E-state index in [2.05, 4.69) is 15.5 Å². The van der Waals surface area contributed by atoms with Crippen molar-refractivity contribution in [1.82, 2.24) is 15.5 Å². The summed E-state index contributed by atoms with van der Waals surface area (Å²) in [5, 5.41) is 6.94. The molecule has 0 bridgehead atoms. The minimum Gasteiger partial charge on any atom is -0.467 e. The first-order chi connectivity index (χ1) is 15.8. The van der Waals surface area contributed by atoms with Crippen molar-refractivity contribution in [2.45, 2.75) is 19.9 Å². The number of hydrogen-bond donors (Lipinski definition) is 1. The van der Waals surface area contributed by atoms with Crippen LogP contribution < -0.4 is 10.1 Å². The van der Waals surface area contributed by atoms with E-state index in [9.17, 15) is 14.0 Å². The molecule has 10 heteroatoms. The van der Waals surface area contributed by atoms with Crippen molar-refractivity contribution in [2.75, 3.05) is 7.11 Å². The highest BCUT2D eigenvalue weighted by Crippen LogP contribution is 2.32. The molecule has 170 valence electrons. The summed E-state index contributed by atoms with van der Waals surface area (Å²) in [6.07, 6.45) is 0. The Morgan fingerprint density at radius 1 is 1.12 bits per heavy atom. The molecule has 0 fully saturated rings. The van der Waals surface area contributed by atoms with Crippen molar-refractivity contribution in [3.05, 3.63) is 60.1 Å². The fraction of sp³-hybridized carbons (Fsp3) is 0.217. The van der Waals surface area contributed by atoms with Gasteiger partial charge in [-0.1, -0.05) is 30.3 Å². The second-order valence-electron chi connectivity index (χ2n) is 7.51. The summed E-state index contributed by atoms with van der Waals surface area (Å²) in [7, 11) is 1.26. The predicted molar refractivity (Wildman–Crippen MR) is 120 cm³/mol. The standard InChI is InChI=1S/C23H20FN3O5S/c1-12(2)20(22(29)30-3)26-21(28)18-11-17(27-32-18)13-4-7-15(8-5-13)31-23-25-16-9-6-14(24)10-19(16)33-23/h4-12,20H,1-3H3,(H,26,28). The van der Waals surface area contributed by atoms with Gasteiger partial charge in [-0.05, 0) is 48.4 Å². The van der Waals surface area contributed by atoms with Crippen LogP contribution in [-0.2, 0) is 9.53 Å². The summed E-state index contributed by atoms with van der Waals surface area (Å²) in [4.78, 5) is 28.7. The van der Waals surface area contributed by atoms with Gasteiger partial charge in [0.25, 0.3) is 11.1 Å². The molecule has 1 amide bonds. The number of carbonyl (C=O) groups is 2. The van der Waals surface area contributed by atoms with E-state index >= 15 is 0 Å². The number of rotatable bonds is 7. The van der Waals surface area contributed by atoms with Crippen molar-refractivity contribution in [3.63, 3.8) is 0 Å². The van der Waals surface area contributed by atoms with Gasteiger partial charge in [0.05, 0.1) is 17.3 Å². The van der Waals surface area contributed by atoms with E-state index in [-0.39, 0.29) is 17.5 Å². The van der Waals surface area contributed by atoms with Crippen LogP contribution in [0.25, 0.3) is 21.5 Å². The molecule has 0 saturated heterocycles. The van der Waals surface area contributed by atoms with Crippen LogP contribution in [0.5, 0.6) is 10.9 Å². The highest BCUT2D eigenvalue weighted by atomic mass is 32.1. The number of carbonyl (C=O) groups excluding carboxylic acids is 2. The third kappa shape index (κ3) is 5.01. The lowest BCUT2D eigenvalue weighted by molar-refractivity contribution is -0.144. The lowest BCUT2D eigenvalue weighted by atomic mass is 10.0. The smallest absolute Gasteiger partial charge is 0.328 e. The number of benzene rings is 2. The summed E-state index contributed by atoms with van der Waals surface area (Å²) in [5.41, 5.74) is 1.81. The molecule has 2 aromatic carbocycles. The van der Waals surface area contributed by atoms with Gasteiger partial charge in [-0.2, -0.15) is 0 Å². The summed E-state index contributed by atoms with van der Waals surface area (Å²) >= 11 is 1.25. The van der Waals surface area contributed by atoms with Crippen molar-refractivity contribution in [1.29, 1.82) is 0 Å². The molecule has 4 rings (SSSR count). The number of thiazole rings is 1. The zero-order valence-electron chi connectivity index (χ0n) is 18.0. The molecule has 8 nitrogen and oxygen atoms in total. The first kappa shape index (κ1) is 22.4. The quantitative estimate of drug-likeness (QED) is 0.387. The first-order valence-electron chi connectivity index (χ1n) is 10.0. The van der Waals surface area contributed by atoms with E-state index in [1.807, 2.05) is 0 Å². The summed E-state index contributed by atoms with van der Waals surface area (Å²) in [5.74, 6) is -1.07. The van der Waals surface area contributed by atoms with Gasteiger partial charge >= 0.3 is 5.97 Å². The molecule has 0 aliphatic heterocycles. The zero-order valence-corrected chi connectivity index (χ0v) is 18.8. The first-order valence-corrected chi connectivity index (χ1v) is 10.9. The van der Waals surface area contributed by atoms with Crippen LogP contribution in [0.3, 0.4) is 0 Å². The van der Waals surface area contributed by atoms with Gasteiger partial charge in [0, 0.05) is 11.6 Å². The minimum absolute atomic E-state index is 0.0263. The normalized spacial score (nSPS) is 12.0. The molecule has 2 heterocycles. The number of hydrogen-bond acceptors (Lipinski definition) is 8. The average Bonchev–Trinajstić information content (AvgIpc) is 3.44. The monoisotopic (exact) mass is 469 g/mol. The molecule has 33 heavy (non-hydrogen) atoms. The van der Waals surface area contributed by atoms with E-state index in [4.69, 9.17) is 14.0 Å². The molecule has 4 aromatic rings. The Morgan fingerprint density at radius 2 is 1.88 bits per heavy atom. The third-order valence-corrected chi connectivity index (χ3v) is 5.72. The van der Waals surface area contributed by atoms with E-state index in [0.29, 0.717) is 32.4 Å². The van der Waals surface area contributed by atoms with E-state index in [1.54, 1.807) is 44.2 Å². The molecular weight excluding hydrogens is 449 g/mol. The Bertz CT molecular complexity index is 1300. The van der Waals surface area contributed by atoms with Crippen LogP contribution in [0.2, 0.25) is 0 Å². The molecule has 2 aromatic heterocycles. The Balaban J connectivity index is 1.45. The maximum Gasteiger partial charge on any atom is 0.328 e. The van der Waals surface area contributed by atoms with E-state index < -0.39 is 17.9 Å². The summed E-state index contributed by atoms with van der Waals surface area (Å²) in [6, 6.07) is 12.0. The largest absolute Gasteiger partial charge is 0.467 e. The minimum atomic E-state index is -0.800. The number of esters is 1. The SMILES string of the molecule is COC(=O)C(NC(=O)c1cc(-c2ccc(Oc3nc4ccc(F)cc4s3)cc2)no1)C(C)C. The molecule has 1 unspecified atom stereocenters. The Hall–Kier alpha value is -3.79. The van der Waals surface area contributed by atoms with E-state index in [1.165, 1.54) is 36.6 Å². The second kappa shape index (κ2) is 9.37. The van der Waals surface area contributed by atoms with Crippen LogP contribution in [0.4, 0.5) is 4.39 Å². The highest BCUT2D eigenvalue weighted by molar-refractivity contribution is 7.20. The van der Waals surface area contributed by atoms with Crippen molar-refractivity contribution < 1.29 is 28.0 Å². The lowest BCUT2D eigenvalue weighted by Crippen LogP contribution is -2.44. The molecule has 0 aliphatic carbocycles. The molecule has 1 N–H and O–H groups in total. The fourth-order valence-corrected chi connectivity index (χ4v) is 3.93. The van der Waals surface area contributed by atoms with Crippen LogP contribution in [0.1, 0.15) is 24.4 Å². The van der Waals surface area contributed by atoms with Crippen molar-refractivity contribution in [2.24, 2.45) is 5.92 Å². The number of amides is 1. The molecule has 1 atom stereocenters. The highest BCUT2D eigenvalue weighted by Gasteiger charge is 2.27. The number of aromatic nitrogens is 2. The Kier molecular flexibility index (Phi) is 6.36. The van der Waals surface area contributed by atoms with Crippen LogP contribution in [0, 0.1) is 11.7 Å². The van der Waals surface area contributed by atoms with Gasteiger partial charge in [-0.3, -0.25) is 4.79 Å². The lowest BCUT2D eigenvalue weighted by Gasteiger charge is -2.18. The Morgan fingerprint density at radius 3 is 2.58 bits per heavy atom. The topological polar surface area (TPSA) is 104 Å². The molecular formula is C23H20FN3O5S. The van der Waals surface area contributed by atoms with Gasteiger partial charge in [0.2, 0.25) is 5.76 Å². The molecule has 0 aliphatic rings. The number of methoxy groups -OCH3 is 1. The summed E-state index contributed by atoms with van der Waals surface area (Å²) in [6.45, 7) is 3.59. The number of ether oxygens (including phenoxy) is 2. The van der Waals surface area contributed by atoms with Gasteiger partial charge in [0.1, 0.15) is 23.3 Å². The van der Waals surface area contributed by atoms with Gasteiger partial charge in [-0.25, -0.2) is 14.2 Å². The van der Waals surface area contributed by atoms with Crippen LogP contribution in [-0.4, -0.2) is 35.2 Å². The zero-order chi connectivity index (χ0) is 23.5. The molecule has 0 spiro atoms. The van der Waals surface area contributed by atoms with Gasteiger partial charge in [-0.15, -0.1) is 0 Å². The van der Waals surface area contributed by atoms with E-state index in [0.717, 1.165) is 0 Å². The predicted octanol–water partition coefficient (Wildman–Crippen LogP) is 4.81. The maximum absolute atomic E-state index is 13.4. The molecule has 0 radical (unpaired) electrons.